The number of para-hydroxylation sites is 3. The molecule has 0 fully saturated rings. The normalized spacial score (nSPS) is 11.7. The zero-order valence-corrected chi connectivity index (χ0v) is 14.8. The maximum absolute atomic E-state index is 13.1. The highest BCUT2D eigenvalue weighted by Crippen LogP contribution is 2.18. The second-order valence-electron chi connectivity index (χ2n) is 6.36. The number of benzene rings is 3. The predicted molar refractivity (Wildman–Crippen MR) is 109 cm³/mol. The molecule has 0 amide bonds. The maximum Gasteiger partial charge on any atom is 0.281 e. The lowest BCUT2D eigenvalue weighted by Gasteiger charge is -2.11. The first kappa shape index (κ1) is 16.8. The number of nitrogens with zero attached hydrogens (tertiary/aromatic N) is 2. The Morgan fingerprint density at radius 1 is 0.926 bits per heavy atom. The second-order valence-corrected chi connectivity index (χ2v) is 6.36. The highest BCUT2D eigenvalue weighted by Gasteiger charge is 2.12. The van der Waals surface area contributed by atoms with Gasteiger partial charge >= 0.3 is 0 Å². The standard InChI is InChI=1S/C23H18N2O2/c1-16-11-13-17(14-12-16)22(26)15-20-23(27)25(18-7-3-2-4-8-18)21-10-6-5-9-19(21)24-20/h2-15,26H,1H3/b22-15-. The molecule has 0 spiro atoms. The van der Waals surface area contributed by atoms with E-state index in [1.807, 2.05) is 85.8 Å². The van der Waals surface area contributed by atoms with Crippen molar-refractivity contribution in [2.24, 2.45) is 0 Å². The second kappa shape index (κ2) is 6.92. The highest BCUT2D eigenvalue weighted by molar-refractivity contribution is 5.81. The van der Waals surface area contributed by atoms with Gasteiger partial charge in [0.05, 0.1) is 11.0 Å². The first-order chi connectivity index (χ1) is 13.1. The number of rotatable bonds is 3. The monoisotopic (exact) mass is 354 g/mol. The minimum absolute atomic E-state index is 0.00879. The summed E-state index contributed by atoms with van der Waals surface area (Å²) >= 11 is 0. The summed E-state index contributed by atoms with van der Waals surface area (Å²) in [6.45, 7) is 1.98. The molecule has 0 unspecified atom stereocenters. The van der Waals surface area contributed by atoms with Gasteiger partial charge in [-0.25, -0.2) is 4.98 Å². The van der Waals surface area contributed by atoms with E-state index in [0.29, 0.717) is 11.1 Å². The molecule has 1 aromatic heterocycles. The van der Waals surface area contributed by atoms with Crippen LogP contribution in [0.5, 0.6) is 0 Å². The number of aliphatic hydroxyl groups excluding tert-OH is 1. The molecular formula is C23H18N2O2. The van der Waals surface area contributed by atoms with Crippen molar-refractivity contribution in [3.63, 3.8) is 0 Å². The van der Waals surface area contributed by atoms with Crippen LogP contribution in [0.4, 0.5) is 0 Å². The molecule has 3 aromatic carbocycles. The maximum atomic E-state index is 13.1. The average molecular weight is 354 g/mol. The Hall–Kier alpha value is -3.66. The number of hydrogen-bond acceptors (Lipinski definition) is 3. The Morgan fingerprint density at radius 2 is 1.59 bits per heavy atom. The first-order valence-corrected chi connectivity index (χ1v) is 8.68. The Bertz CT molecular complexity index is 1190. The van der Waals surface area contributed by atoms with Gasteiger partial charge in [0.15, 0.2) is 0 Å². The molecule has 0 atom stereocenters. The van der Waals surface area contributed by atoms with Gasteiger partial charge in [-0.05, 0) is 31.2 Å². The molecule has 27 heavy (non-hydrogen) atoms. The largest absolute Gasteiger partial charge is 0.507 e. The molecule has 0 saturated carbocycles. The van der Waals surface area contributed by atoms with Crippen LogP contribution in [0.15, 0.2) is 83.7 Å². The lowest BCUT2D eigenvalue weighted by Crippen LogP contribution is -2.22. The Kier molecular flexibility index (Phi) is 4.30. The van der Waals surface area contributed by atoms with Gasteiger partial charge in [0.1, 0.15) is 11.5 Å². The Morgan fingerprint density at radius 3 is 2.33 bits per heavy atom. The highest BCUT2D eigenvalue weighted by atomic mass is 16.3. The van der Waals surface area contributed by atoms with E-state index in [1.165, 1.54) is 6.08 Å². The molecule has 4 aromatic rings. The van der Waals surface area contributed by atoms with Crippen LogP contribution >= 0.6 is 0 Å². The third-order valence-corrected chi connectivity index (χ3v) is 4.42. The predicted octanol–water partition coefficient (Wildman–Crippen LogP) is 4.75. The minimum Gasteiger partial charge on any atom is -0.507 e. The number of aromatic nitrogens is 2. The van der Waals surface area contributed by atoms with E-state index in [4.69, 9.17) is 0 Å². The molecule has 132 valence electrons. The molecule has 0 radical (unpaired) electrons. The van der Waals surface area contributed by atoms with Crippen molar-refractivity contribution in [1.82, 2.24) is 9.55 Å². The molecule has 0 aliphatic carbocycles. The molecule has 4 nitrogen and oxygen atoms in total. The van der Waals surface area contributed by atoms with E-state index in [9.17, 15) is 9.90 Å². The van der Waals surface area contributed by atoms with Crippen LogP contribution in [0.25, 0.3) is 28.6 Å². The summed E-state index contributed by atoms with van der Waals surface area (Å²) in [6, 6.07) is 24.4. The molecule has 1 N–H and O–H groups in total. The molecule has 0 aliphatic rings. The van der Waals surface area contributed by atoms with Crippen LogP contribution in [0, 0.1) is 6.92 Å². The van der Waals surface area contributed by atoms with Crippen molar-refractivity contribution in [1.29, 1.82) is 0 Å². The van der Waals surface area contributed by atoms with Crippen molar-refractivity contribution < 1.29 is 5.11 Å². The summed E-state index contributed by atoms with van der Waals surface area (Å²) in [4.78, 5) is 17.6. The van der Waals surface area contributed by atoms with Crippen molar-refractivity contribution in [2.45, 2.75) is 6.92 Å². The van der Waals surface area contributed by atoms with E-state index in [-0.39, 0.29) is 17.0 Å². The lowest BCUT2D eigenvalue weighted by molar-refractivity contribution is 0.515. The van der Waals surface area contributed by atoms with Crippen LogP contribution in [0.1, 0.15) is 16.8 Å². The topological polar surface area (TPSA) is 55.1 Å². The number of fused-ring (bicyclic) bond motifs is 1. The van der Waals surface area contributed by atoms with Gasteiger partial charge in [0.2, 0.25) is 0 Å². The van der Waals surface area contributed by atoms with Gasteiger partial charge in [-0.1, -0.05) is 60.2 Å². The summed E-state index contributed by atoms with van der Waals surface area (Å²) < 4.78 is 1.62. The third kappa shape index (κ3) is 3.25. The molecule has 4 heteroatoms. The van der Waals surface area contributed by atoms with Crippen LogP contribution in [0.2, 0.25) is 0 Å². The van der Waals surface area contributed by atoms with Crippen LogP contribution in [-0.4, -0.2) is 14.7 Å². The fourth-order valence-corrected chi connectivity index (χ4v) is 3.01. The quantitative estimate of drug-likeness (QED) is 0.540. The van der Waals surface area contributed by atoms with Gasteiger partial charge in [0.25, 0.3) is 5.56 Å². The SMILES string of the molecule is Cc1ccc(/C(O)=C/c2nc3ccccc3n(-c3ccccc3)c2=O)cc1. The zero-order chi connectivity index (χ0) is 18.8. The number of aliphatic hydroxyl groups is 1. The number of hydrogen-bond donors (Lipinski definition) is 1. The smallest absolute Gasteiger partial charge is 0.281 e. The van der Waals surface area contributed by atoms with Crippen molar-refractivity contribution in [3.05, 3.63) is 106 Å². The molecule has 1 heterocycles. The van der Waals surface area contributed by atoms with Gasteiger partial charge in [-0.3, -0.25) is 9.36 Å². The number of aryl methyl sites for hydroxylation is 1. The molecule has 0 bridgehead atoms. The van der Waals surface area contributed by atoms with E-state index < -0.39 is 0 Å². The summed E-state index contributed by atoms with van der Waals surface area (Å²) in [5, 5.41) is 10.5. The minimum atomic E-state index is -0.279. The summed E-state index contributed by atoms with van der Waals surface area (Å²) in [7, 11) is 0. The lowest BCUT2D eigenvalue weighted by atomic mass is 10.1. The first-order valence-electron chi connectivity index (χ1n) is 8.68. The van der Waals surface area contributed by atoms with Gasteiger partial charge in [-0.2, -0.15) is 0 Å². The fraction of sp³-hybridized carbons (Fsp3) is 0.0435. The zero-order valence-electron chi connectivity index (χ0n) is 14.8. The molecular weight excluding hydrogens is 336 g/mol. The van der Waals surface area contributed by atoms with Crippen LogP contribution in [0.3, 0.4) is 0 Å². The van der Waals surface area contributed by atoms with Gasteiger partial charge in [-0.15, -0.1) is 0 Å². The van der Waals surface area contributed by atoms with Crippen LogP contribution < -0.4 is 5.56 Å². The molecule has 0 aliphatic heterocycles. The van der Waals surface area contributed by atoms with Gasteiger partial charge < -0.3 is 5.11 Å². The van der Waals surface area contributed by atoms with E-state index in [2.05, 4.69) is 4.98 Å². The van der Waals surface area contributed by atoms with E-state index in [1.54, 1.807) is 4.57 Å². The fourth-order valence-electron chi connectivity index (χ4n) is 3.01. The Balaban J connectivity index is 1.94. The van der Waals surface area contributed by atoms with E-state index in [0.717, 1.165) is 16.8 Å². The van der Waals surface area contributed by atoms with Crippen LogP contribution in [-0.2, 0) is 0 Å². The Labute approximate surface area is 156 Å². The summed E-state index contributed by atoms with van der Waals surface area (Å²) in [5.41, 5.74) is 3.81. The van der Waals surface area contributed by atoms with Crippen molar-refractivity contribution in [3.8, 4) is 5.69 Å². The molecule has 4 rings (SSSR count). The average Bonchev–Trinajstić information content (AvgIpc) is 2.70. The van der Waals surface area contributed by atoms with E-state index >= 15 is 0 Å². The third-order valence-electron chi connectivity index (χ3n) is 4.42. The van der Waals surface area contributed by atoms with Gasteiger partial charge in [0, 0.05) is 17.3 Å². The summed E-state index contributed by atoms with van der Waals surface area (Å²) in [5.74, 6) is 0.00879. The van der Waals surface area contributed by atoms with Crippen molar-refractivity contribution in [2.75, 3.05) is 0 Å². The van der Waals surface area contributed by atoms with Crippen molar-refractivity contribution >= 4 is 22.9 Å². The molecule has 0 saturated heterocycles. The summed E-state index contributed by atoms with van der Waals surface area (Å²) in [6.07, 6.45) is 1.43.